The lowest BCUT2D eigenvalue weighted by Gasteiger charge is -2.30. The second-order valence-corrected chi connectivity index (χ2v) is 10.5. The van der Waals surface area contributed by atoms with Gasteiger partial charge >= 0.3 is 0 Å². The molecule has 22 heavy (non-hydrogen) atoms. The Labute approximate surface area is 136 Å². The second kappa shape index (κ2) is 6.97. The SMILES string of the molecule is CCCCCCCC[P]1(C)c2ccccc2-c2ccccc21. The van der Waals surface area contributed by atoms with Gasteiger partial charge < -0.3 is 0 Å². The van der Waals surface area contributed by atoms with Crippen LogP contribution in [0.25, 0.3) is 11.1 Å². The molecular formula is C21H28P. The molecule has 0 fully saturated rings. The van der Waals surface area contributed by atoms with Crippen LogP contribution in [0.4, 0.5) is 0 Å². The third-order valence-electron chi connectivity index (χ3n) is 5.12. The Hall–Kier alpha value is -1.13. The summed E-state index contributed by atoms with van der Waals surface area (Å²) >= 11 is 0. The van der Waals surface area contributed by atoms with Gasteiger partial charge in [0.25, 0.3) is 0 Å². The van der Waals surface area contributed by atoms with Crippen molar-refractivity contribution in [3.8, 4) is 11.1 Å². The van der Waals surface area contributed by atoms with E-state index in [0.29, 0.717) is 0 Å². The molecule has 0 unspecified atom stereocenters. The highest BCUT2D eigenvalue weighted by Crippen LogP contribution is 2.60. The van der Waals surface area contributed by atoms with Crippen LogP contribution in [0.1, 0.15) is 45.4 Å². The minimum atomic E-state index is -1.16. The predicted molar refractivity (Wildman–Crippen MR) is 102 cm³/mol. The summed E-state index contributed by atoms with van der Waals surface area (Å²) in [7, 11) is -1.16. The maximum absolute atomic E-state index is 2.56. The molecule has 0 spiro atoms. The molecule has 0 saturated carbocycles. The normalized spacial score (nSPS) is 14.6. The number of fused-ring (bicyclic) bond motifs is 3. The first-order chi connectivity index (χ1) is 10.8. The number of hydrogen-bond donors (Lipinski definition) is 0. The van der Waals surface area contributed by atoms with Crippen molar-refractivity contribution in [2.75, 3.05) is 12.8 Å². The van der Waals surface area contributed by atoms with Gasteiger partial charge in [-0.25, -0.2) is 0 Å². The summed E-state index contributed by atoms with van der Waals surface area (Å²) in [4.78, 5) is 0. The molecule has 0 nitrogen and oxygen atoms in total. The fourth-order valence-corrected chi connectivity index (χ4v) is 7.72. The van der Waals surface area contributed by atoms with Gasteiger partial charge in [0.1, 0.15) is 0 Å². The van der Waals surface area contributed by atoms with Crippen molar-refractivity contribution in [3.05, 3.63) is 48.5 Å². The van der Waals surface area contributed by atoms with Crippen LogP contribution < -0.4 is 10.6 Å². The summed E-state index contributed by atoms with van der Waals surface area (Å²) in [5.41, 5.74) is 3.00. The van der Waals surface area contributed by atoms with Gasteiger partial charge in [-0.2, -0.15) is 0 Å². The van der Waals surface area contributed by atoms with Crippen LogP contribution >= 0.6 is 7.26 Å². The number of hydrogen-bond acceptors (Lipinski definition) is 0. The van der Waals surface area contributed by atoms with Crippen molar-refractivity contribution in [3.63, 3.8) is 0 Å². The lowest BCUT2D eigenvalue weighted by molar-refractivity contribution is 0.626. The molecule has 0 aromatic heterocycles. The van der Waals surface area contributed by atoms with Crippen molar-refractivity contribution >= 4 is 17.9 Å². The van der Waals surface area contributed by atoms with Gasteiger partial charge in [-0.3, -0.25) is 0 Å². The van der Waals surface area contributed by atoms with Gasteiger partial charge in [0, 0.05) is 0 Å². The van der Waals surface area contributed by atoms with Gasteiger partial charge in [-0.1, -0.05) is 94.8 Å². The lowest BCUT2D eigenvalue weighted by atomic mass is 10.1. The van der Waals surface area contributed by atoms with Crippen molar-refractivity contribution in [1.82, 2.24) is 0 Å². The first kappa shape index (κ1) is 15.8. The lowest BCUT2D eigenvalue weighted by Crippen LogP contribution is -2.19. The molecule has 2 aromatic carbocycles. The van der Waals surface area contributed by atoms with Gasteiger partial charge in [0.15, 0.2) is 0 Å². The number of benzene rings is 2. The van der Waals surface area contributed by atoms with Gasteiger partial charge in [-0.05, 0) is 41.0 Å². The minimum Gasteiger partial charge on any atom is -0.0716 e. The highest BCUT2D eigenvalue weighted by Gasteiger charge is 2.36. The van der Waals surface area contributed by atoms with Crippen LogP contribution in [0.5, 0.6) is 0 Å². The Bertz CT molecular complexity index is 584. The molecule has 0 N–H and O–H groups in total. The second-order valence-electron chi connectivity index (χ2n) is 6.72. The zero-order valence-electron chi connectivity index (χ0n) is 14.0. The highest BCUT2D eigenvalue weighted by molar-refractivity contribution is 7.90. The largest absolute Gasteiger partial charge is 0.0716 e. The van der Waals surface area contributed by atoms with E-state index in [2.05, 4.69) is 62.1 Å². The van der Waals surface area contributed by atoms with Crippen molar-refractivity contribution in [1.29, 1.82) is 0 Å². The predicted octanol–water partition coefficient (Wildman–Crippen LogP) is 5.63. The van der Waals surface area contributed by atoms with E-state index < -0.39 is 7.26 Å². The molecule has 0 bridgehead atoms. The van der Waals surface area contributed by atoms with E-state index in [0.717, 1.165) is 0 Å². The monoisotopic (exact) mass is 311 g/mol. The molecule has 0 saturated heterocycles. The molecule has 1 radical (unpaired) electrons. The van der Waals surface area contributed by atoms with E-state index >= 15 is 0 Å². The fraction of sp³-hybridized carbons (Fsp3) is 0.429. The van der Waals surface area contributed by atoms with Crippen molar-refractivity contribution in [2.24, 2.45) is 0 Å². The summed E-state index contributed by atoms with van der Waals surface area (Å²) in [5, 5.41) is 3.29. The number of unbranched alkanes of at least 4 members (excludes halogenated alkanes) is 5. The van der Waals surface area contributed by atoms with Crippen LogP contribution in [0.2, 0.25) is 0 Å². The first-order valence-corrected chi connectivity index (χ1v) is 11.2. The molecule has 1 aliphatic rings. The van der Waals surface area contributed by atoms with Crippen molar-refractivity contribution in [2.45, 2.75) is 45.4 Å². The molecule has 1 aliphatic heterocycles. The van der Waals surface area contributed by atoms with E-state index in [4.69, 9.17) is 0 Å². The van der Waals surface area contributed by atoms with E-state index in [-0.39, 0.29) is 0 Å². The quantitative estimate of drug-likeness (QED) is 0.459. The average Bonchev–Trinajstić information content (AvgIpc) is 2.82. The third-order valence-corrected chi connectivity index (χ3v) is 9.24. The van der Waals surface area contributed by atoms with Crippen LogP contribution in [0, 0.1) is 0 Å². The molecular weight excluding hydrogens is 283 g/mol. The van der Waals surface area contributed by atoms with E-state index in [9.17, 15) is 0 Å². The van der Waals surface area contributed by atoms with Crippen LogP contribution in [0.15, 0.2) is 48.5 Å². The van der Waals surface area contributed by atoms with E-state index in [1.807, 2.05) is 0 Å². The average molecular weight is 311 g/mol. The summed E-state index contributed by atoms with van der Waals surface area (Å²) in [6, 6.07) is 18.3. The third kappa shape index (κ3) is 2.86. The minimum absolute atomic E-state index is 1.16. The smallest absolute Gasteiger partial charge is 0.0101 e. The van der Waals surface area contributed by atoms with E-state index in [1.54, 1.807) is 10.6 Å². The van der Waals surface area contributed by atoms with Gasteiger partial charge in [0.2, 0.25) is 0 Å². The Balaban J connectivity index is 1.77. The zero-order valence-corrected chi connectivity index (χ0v) is 14.9. The molecule has 0 atom stereocenters. The zero-order chi connectivity index (χ0) is 15.4. The summed E-state index contributed by atoms with van der Waals surface area (Å²) in [6.45, 7) is 4.85. The van der Waals surface area contributed by atoms with Crippen LogP contribution in [-0.2, 0) is 0 Å². The van der Waals surface area contributed by atoms with Crippen LogP contribution in [0.3, 0.4) is 0 Å². The standard InChI is InChI=1S/C21H28P/c1-3-4-5-6-7-12-17-22(2)20-15-10-8-13-18(20)19-14-9-11-16-21(19)22/h8-11,13-16H,3-7,12,17H2,1-2H3. The Kier molecular flexibility index (Phi) is 4.99. The fourth-order valence-electron chi connectivity index (χ4n) is 3.84. The summed E-state index contributed by atoms with van der Waals surface area (Å²) < 4.78 is 0. The first-order valence-electron chi connectivity index (χ1n) is 8.82. The Morgan fingerprint density at radius 2 is 1.18 bits per heavy atom. The molecule has 0 amide bonds. The summed E-state index contributed by atoms with van der Waals surface area (Å²) in [6.07, 6.45) is 9.74. The molecule has 2 aromatic rings. The maximum Gasteiger partial charge on any atom is -0.0101 e. The molecule has 117 valence electrons. The Morgan fingerprint density at radius 3 is 1.77 bits per heavy atom. The molecule has 1 heterocycles. The van der Waals surface area contributed by atoms with Crippen LogP contribution in [-0.4, -0.2) is 12.8 Å². The topological polar surface area (TPSA) is 0 Å². The molecule has 3 rings (SSSR count). The highest BCUT2D eigenvalue weighted by atomic mass is 31.2. The molecule has 0 aliphatic carbocycles. The number of rotatable bonds is 7. The van der Waals surface area contributed by atoms with Gasteiger partial charge in [-0.15, -0.1) is 0 Å². The maximum atomic E-state index is 2.56. The molecule has 1 heteroatoms. The summed E-state index contributed by atoms with van der Waals surface area (Å²) in [5.74, 6) is 0. The Morgan fingerprint density at radius 1 is 0.682 bits per heavy atom. The van der Waals surface area contributed by atoms with E-state index in [1.165, 1.54) is 55.8 Å². The van der Waals surface area contributed by atoms with Gasteiger partial charge in [0.05, 0.1) is 0 Å². The van der Waals surface area contributed by atoms with Crippen molar-refractivity contribution < 1.29 is 0 Å².